The van der Waals surface area contributed by atoms with E-state index in [4.69, 9.17) is 0 Å². The van der Waals surface area contributed by atoms with Crippen LogP contribution in [0.2, 0.25) is 0 Å². The Kier molecular flexibility index (Phi) is 5.61. The molecule has 0 radical (unpaired) electrons. The van der Waals surface area contributed by atoms with Crippen molar-refractivity contribution in [3.05, 3.63) is 33.8 Å². The molecule has 3 nitrogen and oxygen atoms in total. The maximum atomic E-state index is 12.3. The number of aryl methyl sites for hydroxylation is 2. The fourth-order valence-electron chi connectivity index (χ4n) is 2.71. The van der Waals surface area contributed by atoms with Crippen molar-refractivity contribution in [1.29, 1.82) is 0 Å². The fraction of sp³-hybridized carbons (Fsp3) is 0.562. The van der Waals surface area contributed by atoms with E-state index < -0.39 is 0 Å². The lowest BCUT2D eigenvalue weighted by Gasteiger charge is -2.32. The van der Waals surface area contributed by atoms with Crippen LogP contribution in [0.5, 0.6) is 0 Å². The van der Waals surface area contributed by atoms with E-state index in [2.05, 4.69) is 46.4 Å². The zero-order valence-corrected chi connectivity index (χ0v) is 13.9. The molecular weight excluding hydrogens is 316 g/mol. The third kappa shape index (κ3) is 4.06. The van der Waals surface area contributed by atoms with Crippen LogP contribution in [0, 0.1) is 6.92 Å². The highest BCUT2D eigenvalue weighted by Crippen LogP contribution is 2.18. The van der Waals surface area contributed by atoms with Crippen LogP contribution in [0.15, 0.2) is 22.7 Å². The molecule has 0 aromatic heterocycles. The van der Waals surface area contributed by atoms with Crippen LogP contribution >= 0.6 is 15.9 Å². The molecule has 0 unspecified atom stereocenters. The predicted octanol–water partition coefficient (Wildman–Crippen LogP) is 2.90. The van der Waals surface area contributed by atoms with Crippen LogP contribution in [0.1, 0.15) is 30.4 Å². The Bertz CT molecular complexity index is 476. The third-order valence-electron chi connectivity index (χ3n) is 4.03. The summed E-state index contributed by atoms with van der Waals surface area (Å²) in [5, 5.41) is 3.28. The molecule has 1 amide bonds. The highest BCUT2D eigenvalue weighted by molar-refractivity contribution is 9.10. The normalized spacial score (nSPS) is 19.1. The maximum absolute atomic E-state index is 12.3. The second kappa shape index (κ2) is 7.23. The first-order valence-electron chi connectivity index (χ1n) is 7.30. The number of amides is 1. The minimum atomic E-state index is 0.283. The van der Waals surface area contributed by atoms with Gasteiger partial charge in [-0.2, -0.15) is 0 Å². The van der Waals surface area contributed by atoms with Gasteiger partial charge < -0.3 is 10.2 Å². The smallest absolute Gasteiger partial charge is 0.222 e. The minimum Gasteiger partial charge on any atom is -0.341 e. The summed E-state index contributed by atoms with van der Waals surface area (Å²) in [5.41, 5.74) is 2.46. The second-order valence-corrected chi connectivity index (χ2v) is 6.41. The lowest BCUT2D eigenvalue weighted by molar-refractivity contribution is -0.132. The van der Waals surface area contributed by atoms with Gasteiger partial charge in [-0.3, -0.25) is 4.79 Å². The number of rotatable bonds is 4. The molecule has 1 fully saturated rings. The number of carbonyl (C=O) groups is 1. The summed E-state index contributed by atoms with van der Waals surface area (Å²) in [4.78, 5) is 14.3. The van der Waals surface area contributed by atoms with Crippen LogP contribution in [0.4, 0.5) is 0 Å². The van der Waals surface area contributed by atoms with E-state index in [0.717, 1.165) is 30.4 Å². The second-order valence-electron chi connectivity index (χ2n) is 5.55. The van der Waals surface area contributed by atoms with E-state index in [0.29, 0.717) is 12.5 Å². The number of hydrogen-bond donors (Lipinski definition) is 1. The Morgan fingerprint density at radius 1 is 1.50 bits per heavy atom. The number of carbonyl (C=O) groups excluding carboxylic acids is 1. The molecule has 1 aliphatic heterocycles. The Morgan fingerprint density at radius 3 is 3.00 bits per heavy atom. The summed E-state index contributed by atoms with van der Waals surface area (Å²) in [6.45, 7) is 3.85. The fourth-order valence-corrected chi connectivity index (χ4v) is 2.96. The molecule has 0 spiro atoms. The summed E-state index contributed by atoms with van der Waals surface area (Å²) >= 11 is 3.50. The topological polar surface area (TPSA) is 32.3 Å². The SMILES string of the molecule is CN[C@@H]1CCCN(C(=O)CCc2ccc(Br)c(C)c2)C1. The lowest BCUT2D eigenvalue weighted by Crippen LogP contribution is -2.47. The molecule has 4 heteroatoms. The van der Waals surface area contributed by atoms with E-state index in [1.165, 1.54) is 17.5 Å². The molecular formula is C16H23BrN2O. The number of likely N-dealkylation sites (N-methyl/N-ethyl adjacent to an activating group) is 1. The van der Waals surface area contributed by atoms with Gasteiger partial charge in [0.2, 0.25) is 5.91 Å². The number of halogens is 1. The number of piperidine rings is 1. The number of nitrogens with zero attached hydrogens (tertiary/aromatic N) is 1. The van der Waals surface area contributed by atoms with Gasteiger partial charge in [-0.15, -0.1) is 0 Å². The first-order chi connectivity index (χ1) is 9.60. The standard InChI is InChI=1S/C16H23BrN2O/c1-12-10-13(5-7-15(12)17)6-8-16(20)19-9-3-4-14(11-19)18-2/h5,7,10,14,18H,3-4,6,8-9,11H2,1-2H3/t14-/m1/s1. The van der Waals surface area contributed by atoms with Crippen molar-refractivity contribution < 1.29 is 4.79 Å². The average molecular weight is 339 g/mol. The van der Waals surface area contributed by atoms with Crippen LogP contribution in [-0.2, 0) is 11.2 Å². The molecule has 1 aromatic carbocycles. The van der Waals surface area contributed by atoms with Gasteiger partial charge in [-0.25, -0.2) is 0 Å². The monoisotopic (exact) mass is 338 g/mol. The summed E-state index contributed by atoms with van der Waals surface area (Å²) in [5.74, 6) is 0.283. The predicted molar refractivity (Wildman–Crippen MR) is 85.9 cm³/mol. The van der Waals surface area contributed by atoms with Crippen LogP contribution in [-0.4, -0.2) is 37.0 Å². The molecule has 1 heterocycles. The highest BCUT2D eigenvalue weighted by atomic mass is 79.9. The quantitative estimate of drug-likeness (QED) is 0.915. The first kappa shape index (κ1) is 15.5. The van der Waals surface area contributed by atoms with Crippen molar-refractivity contribution in [2.75, 3.05) is 20.1 Å². The molecule has 1 aliphatic rings. The van der Waals surface area contributed by atoms with Crippen molar-refractivity contribution >= 4 is 21.8 Å². The Hall–Kier alpha value is -0.870. The number of likely N-dealkylation sites (tertiary alicyclic amines) is 1. The number of nitrogens with one attached hydrogen (secondary N) is 1. The lowest BCUT2D eigenvalue weighted by atomic mass is 10.0. The summed E-state index contributed by atoms with van der Waals surface area (Å²) < 4.78 is 1.13. The number of benzene rings is 1. The summed E-state index contributed by atoms with van der Waals surface area (Å²) in [7, 11) is 1.98. The van der Waals surface area contributed by atoms with Crippen molar-refractivity contribution in [1.82, 2.24) is 10.2 Å². The van der Waals surface area contributed by atoms with E-state index in [1.807, 2.05) is 11.9 Å². The summed E-state index contributed by atoms with van der Waals surface area (Å²) in [6.07, 6.45) is 3.71. The van der Waals surface area contributed by atoms with Gasteiger partial charge in [0, 0.05) is 30.0 Å². The first-order valence-corrected chi connectivity index (χ1v) is 8.09. The minimum absolute atomic E-state index is 0.283. The molecule has 1 atom stereocenters. The van der Waals surface area contributed by atoms with E-state index in [9.17, 15) is 4.79 Å². The molecule has 1 aromatic rings. The van der Waals surface area contributed by atoms with Gasteiger partial charge in [-0.1, -0.05) is 28.1 Å². The molecule has 1 N–H and O–H groups in total. The average Bonchev–Trinajstić information content (AvgIpc) is 2.48. The largest absolute Gasteiger partial charge is 0.341 e. The van der Waals surface area contributed by atoms with E-state index in [-0.39, 0.29) is 5.91 Å². The van der Waals surface area contributed by atoms with E-state index in [1.54, 1.807) is 0 Å². The van der Waals surface area contributed by atoms with Crippen molar-refractivity contribution in [3.8, 4) is 0 Å². The molecule has 1 saturated heterocycles. The van der Waals surface area contributed by atoms with Gasteiger partial charge in [0.05, 0.1) is 0 Å². The molecule has 0 bridgehead atoms. The molecule has 110 valence electrons. The van der Waals surface area contributed by atoms with Gasteiger partial charge in [0.1, 0.15) is 0 Å². The number of hydrogen-bond acceptors (Lipinski definition) is 2. The Morgan fingerprint density at radius 2 is 2.30 bits per heavy atom. The van der Waals surface area contributed by atoms with Gasteiger partial charge in [-0.05, 0) is 50.4 Å². The Balaban J connectivity index is 1.86. The van der Waals surface area contributed by atoms with Crippen molar-refractivity contribution in [2.45, 2.75) is 38.6 Å². The third-order valence-corrected chi connectivity index (χ3v) is 4.92. The zero-order chi connectivity index (χ0) is 14.5. The molecule has 0 saturated carbocycles. The van der Waals surface area contributed by atoms with Gasteiger partial charge >= 0.3 is 0 Å². The van der Waals surface area contributed by atoms with Gasteiger partial charge in [0.15, 0.2) is 0 Å². The summed E-state index contributed by atoms with van der Waals surface area (Å²) in [6, 6.07) is 6.77. The molecule has 2 rings (SSSR count). The highest BCUT2D eigenvalue weighted by Gasteiger charge is 2.22. The van der Waals surface area contributed by atoms with Crippen molar-refractivity contribution in [2.24, 2.45) is 0 Å². The van der Waals surface area contributed by atoms with Crippen molar-refractivity contribution in [3.63, 3.8) is 0 Å². The van der Waals surface area contributed by atoms with Crippen LogP contribution < -0.4 is 5.32 Å². The molecule has 20 heavy (non-hydrogen) atoms. The Labute approximate surface area is 129 Å². The van der Waals surface area contributed by atoms with Crippen LogP contribution in [0.25, 0.3) is 0 Å². The zero-order valence-electron chi connectivity index (χ0n) is 12.3. The molecule has 0 aliphatic carbocycles. The van der Waals surface area contributed by atoms with Gasteiger partial charge in [0.25, 0.3) is 0 Å². The van der Waals surface area contributed by atoms with E-state index >= 15 is 0 Å². The maximum Gasteiger partial charge on any atom is 0.222 e. The van der Waals surface area contributed by atoms with Crippen LogP contribution in [0.3, 0.4) is 0 Å².